The summed E-state index contributed by atoms with van der Waals surface area (Å²) in [6.45, 7) is 4.64. The molecule has 0 saturated carbocycles. The van der Waals surface area contributed by atoms with Gasteiger partial charge >= 0.3 is 0 Å². The van der Waals surface area contributed by atoms with Crippen molar-refractivity contribution >= 4 is 11.6 Å². The first-order chi connectivity index (χ1) is 9.25. The number of carbonyl (C=O) groups excluding carboxylic acids is 1. The quantitative estimate of drug-likeness (QED) is 0.813. The van der Waals surface area contributed by atoms with Crippen molar-refractivity contribution in [1.29, 1.82) is 0 Å². The van der Waals surface area contributed by atoms with E-state index < -0.39 is 0 Å². The van der Waals surface area contributed by atoms with Crippen molar-refractivity contribution in [2.24, 2.45) is 0 Å². The molecule has 0 aromatic heterocycles. The molecule has 19 heavy (non-hydrogen) atoms. The van der Waals surface area contributed by atoms with Crippen molar-refractivity contribution in [3.05, 3.63) is 29.8 Å². The van der Waals surface area contributed by atoms with Crippen LogP contribution in [0.25, 0.3) is 0 Å². The van der Waals surface area contributed by atoms with Crippen molar-refractivity contribution in [3.8, 4) is 0 Å². The zero-order valence-corrected chi connectivity index (χ0v) is 11.6. The third kappa shape index (κ3) is 2.46. The molecule has 3 heteroatoms. The van der Waals surface area contributed by atoms with Gasteiger partial charge in [0.25, 0.3) is 0 Å². The average Bonchev–Trinajstić information content (AvgIpc) is 2.83. The first kappa shape index (κ1) is 12.5. The lowest BCUT2D eigenvalue weighted by atomic mass is 10.0. The largest absolute Gasteiger partial charge is 0.362 e. The van der Waals surface area contributed by atoms with Gasteiger partial charge in [0.1, 0.15) is 0 Å². The topological polar surface area (TPSA) is 23.6 Å². The van der Waals surface area contributed by atoms with Gasteiger partial charge in [0.05, 0.1) is 6.54 Å². The molecule has 1 saturated heterocycles. The van der Waals surface area contributed by atoms with E-state index in [1.54, 1.807) is 0 Å². The first-order valence-corrected chi connectivity index (χ1v) is 7.38. The van der Waals surface area contributed by atoms with E-state index in [0.717, 1.165) is 32.4 Å². The molecule has 0 aliphatic carbocycles. The number of hydrogen-bond acceptors (Lipinski definition) is 2. The van der Waals surface area contributed by atoms with Gasteiger partial charge in [-0.05, 0) is 44.2 Å². The van der Waals surface area contributed by atoms with Gasteiger partial charge in [-0.3, -0.25) is 4.79 Å². The molecule has 0 bridgehead atoms. The molecule has 1 atom stereocenters. The SMILES string of the molecule is CC1CCCCN1C(=O)CN1CCc2ccccc21. The van der Waals surface area contributed by atoms with Gasteiger partial charge in [-0.15, -0.1) is 0 Å². The Morgan fingerprint density at radius 2 is 2.11 bits per heavy atom. The smallest absolute Gasteiger partial charge is 0.242 e. The Bertz CT molecular complexity index is 472. The summed E-state index contributed by atoms with van der Waals surface area (Å²) in [4.78, 5) is 16.8. The second-order valence-corrected chi connectivity index (χ2v) is 5.73. The fourth-order valence-corrected chi connectivity index (χ4v) is 3.29. The minimum atomic E-state index is 0.295. The fraction of sp³-hybridized carbons (Fsp3) is 0.562. The van der Waals surface area contributed by atoms with Crippen LogP contribution in [0.1, 0.15) is 31.7 Å². The van der Waals surface area contributed by atoms with Gasteiger partial charge in [0.2, 0.25) is 5.91 Å². The number of piperidine rings is 1. The monoisotopic (exact) mass is 258 g/mol. The number of amides is 1. The molecule has 1 aromatic carbocycles. The fourth-order valence-electron chi connectivity index (χ4n) is 3.29. The molecule has 0 N–H and O–H groups in total. The summed E-state index contributed by atoms with van der Waals surface area (Å²) < 4.78 is 0. The number of benzene rings is 1. The van der Waals surface area contributed by atoms with Gasteiger partial charge in [-0.1, -0.05) is 18.2 Å². The Balaban J connectivity index is 1.67. The van der Waals surface area contributed by atoms with Crippen molar-refractivity contribution in [3.63, 3.8) is 0 Å². The number of nitrogens with zero attached hydrogens (tertiary/aromatic N) is 2. The third-order valence-electron chi connectivity index (χ3n) is 4.43. The summed E-state index contributed by atoms with van der Waals surface area (Å²) in [5.74, 6) is 0.295. The number of likely N-dealkylation sites (tertiary alicyclic amines) is 1. The van der Waals surface area contributed by atoms with Crippen LogP contribution in [0, 0.1) is 0 Å². The van der Waals surface area contributed by atoms with E-state index in [1.165, 1.54) is 17.7 Å². The van der Waals surface area contributed by atoms with Gasteiger partial charge in [-0.2, -0.15) is 0 Å². The lowest BCUT2D eigenvalue weighted by Crippen LogP contribution is -2.46. The molecule has 1 fully saturated rings. The number of hydrogen-bond donors (Lipinski definition) is 0. The van der Waals surface area contributed by atoms with Gasteiger partial charge in [-0.25, -0.2) is 0 Å². The van der Waals surface area contributed by atoms with Crippen molar-refractivity contribution in [2.45, 2.75) is 38.6 Å². The molecule has 0 spiro atoms. The normalized spacial score (nSPS) is 22.5. The Morgan fingerprint density at radius 1 is 1.26 bits per heavy atom. The van der Waals surface area contributed by atoms with E-state index in [1.807, 2.05) is 0 Å². The molecule has 2 aliphatic heterocycles. The molecular formula is C16H22N2O. The van der Waals surface area contributed by atoms with E-state index >= 15 is 0 Å². The molecule has 102 valence electrons. The van der Waals surface area contributed by atoms with Gasteiger partial charge in [0.15, 0.2) is 0 Å². The standard InChI is InChI=1S/C16H22N2O/c1-13-6-4-5-10-18(13)16(19)12-17-11-9-14-7-2-3-8-15(14)17/h2-3,7-8,13H,4-6,9-12H2,1H3. The Labute approximate surface area is 115 Å². The lowest BCUT2D eigenvalue weighted by Gasteiger charge is -2.35. The summed E-state index contributed by atoms with van der Waals surface area (Å²) >= 11 is 0. The first-order valence-electron chi connectivity index (χ1n) is 7.38. The molecule has 1 unspecified atom stereocenters. The van der Waals surface area contributed by atoms with Gasteiger partial charge < -0.3 is 9.80 Å². The van der Waals surface area contributed by atoms with Crippen LogP contribution in [0.3, 0.4) is 0 Å². The molecule has 2 heterocycles. The van der Waals surface area contributed by atoms with Gasteiger partial charge in [0, 0.05) is 24.8 Å². The van der Waals surface area contributed by atoms with Crippen LogP contribution in [0.5, 0.6) is 0 Å². The Morgan fingerprint density at radius 3 is 2.95 bits per heavy atom. The predicted molar refractivity (Wildman–Crippen MR) is 77.4 cm³/mol. The number of fused-ring (bicyclic) bond motifs is 1. The Kier molecular flexibility index (Phi) is 3.45. The van der Waals surface area contributed by atoms with Crippen molar-refractivity contribution in [1.82, 2.24) is 4.90 Å². The molecule has 1 amide bonds. The van der Waals surface area contributed by atoms with Crippen LogP contribution in [-0.4, -0.2) is 36.5 Å². The molecule has 0 radical (unpaired) electrons. The number of anilines is 1. The maximum atomic E-state index is 12.5. The second kappa shape index (κ2) is 5.24. The van der Waals surface area contributed by atoms with Crippen LogP contribution in [0.15, 0.2) is 24.3 Å². The molecular weight excluding hydrogens is 236 g/mol. The van der Waals surface area contributed by atoms with Crippen LogP contribution in [0.2, 0.25) is 0 Å². The maximum absolute atomic E-state index is 12.5. The van der Waals surface area contributed by atoms with E-state index in [2.05, 4.69) is 41.0 Å². The lowest BCUT2D eigenvalue weighted by molar-refractivity contribution is -0.132. The maximum Gasteiger partial charge on any atom is 0.242 e. The van der Waals surface area contributed by atoms with Crippen LogP contribution in [0.4, 0.5) is 5.69 Å². The highest BCUT2D eigenvalue weighted by Crippen LogP contribution is 2.27. The molecule has 1 aromatic rings. The van der Waals surface area contributed by atoms with E-state index in [-0.39, 0.29) is 0 Å². The zero-order valence-electron chi connectivity index (χ0n) is 11.6. The summed E-state index contributed by atoms with van der Waals surface area (Å²) in [5.41, 5.74) is 2.63. The Hall–Kier alpha value is -1.51. The second-order valence-electron chi connectivity index (χ2n) is 5.73. The molecule has 3 rings (SSSR count). The third-order valence-corrected chi connectivity index (χ3v) is 4.43. The van der Waals surface area contributed by atoms with Crippen LogP contribution in [-0.2, 0) is 11.2 Å². The van der Waals surface area contributed by atoms with E-state index in [9.17, 15) is 4.79 Å². The molecule has 3 nitrogen and oxygen atoms in total. The zero-order chi connectivity index (χ0) is 13.2. The summed E-state index contributed by atoms with van der Waals surface area (Å²) in [7, 11) is 0. The summed E-state index contributed by atoms with van der Waals surface area (Å²) in [5, 5.41) is 0. The summed E-state index contributed by atoms with van der Waals surface area (Å²) in [6.07, 6.45) is 4.64. The highest BCUT2D eigenvalue weighted by atomic mass is 16.2. The number of rotatable bonds is 2. The number of carbonyl (C=O) groups is 1. The minimum Gasteiger partial charge on any atom is -0.362 e. The average molecular weight is 258 g/mol. The summed E-state index contributed by atoms with van der Waals surface area (Å²) in [6, 6.07) is 8.86. The van der Waals surface area contributed by atoms with E-state index in [4.69, 9.17) is 0 Å². The van der Waals surface area contributed by atoms with Crippen molar-refractivity contribution in [2.75, 3.05) is 24.5 Å². The van der Waals surface area contributed by atoms with Crippen LogP contribution < -0.4 is 4.90 Å². The highest BCUT2D eigenvalue weighted by molar-refractivity contribution is 5.82. The molecule has 2 aliphatic rings. The van der Waals surface area contributed by atoms with E-state index in [0.29, 0.717) is 18.5 Å². The van der Waals surface area contributed by atoms with Crippen LogP contribution >= 0.6 is 0 Å². The number of para-hydroxylation sites is 1. The highest BCUT2D eigenvalue weighted by Gasteiger charge is 2.27. The van der Waals surface area contributed by atoms with Crippen molar-refractivity contribution < 1.29 is 4.79 Å². The predicted octanol–water partition coefficient (Wildman–Crippen LogP) is 2.45. The minimum absolute atomic E-state index is 0.295.